The van der Waals surface area contributed by atoms with Crippen LogP contribution in [-0.2, 0) is 30.5 Å². The van der Waals surface area contributed by atoms with Crippen LogP contribution in [0.2, 0.25) is 0 Å². The Morgan fingerprint density at radius 1 is 0.892 bits per heavy atom. The molecule has 1 aliphatic rings. The molecule has 37 heavy (non-hydrogen) atoms. The summed E-state index contributed by atoms with van der Waals surface area (Å²) >= 11 is 0. The third-order valence-corrected chi connectivity index (χ3v) is 6.97. The molecule has 1 aliphatic carbocycles. The molecule has 4 rings (SSSR count). The lowest BCUT2D eigenvalue weighted by Crippen LogP contribution is -2.35. The number of anilines is 1. The Morgan fingerprint density at radius 2 is 1.65 bits per heavy atom. The minimum Gasteiger partial charge on any atom is -0.491 e. The van der Waals surface area contributed by atoms with Gasteiger partial charge in [0.05, 0.1) is 18.7 Å². The van der Waals surface area contributed by atoms with Gasteiger partial charge in [0, 0.05) is 6.54 Å². The number of hydrogen-bond acceptors (Lipinski definition) is 3. The van der Waals surface area contributed by atoms with Gasteiger partial charge in [-0.3, -0.25) is 4.79 Å². The number of rotatable bonds is 13. The highest BCUT2D eigenvalue weighted by Crippen LogP contribution is 2.30. The van der Waals surface area contributed by atoms with E-state index in [0.717, 1.165) is 55.8 Å². The first-order valence-corrected chi connectivity index (χ1v) is 14.0. The predicted molar refractivity (Wildman–Crippen MR) is 154 cm³/mol. The van der Waals surface area contributed by atoms with Gasteiger partial charge in [0.1, 0.15) is 5.75 Å². The minimum absolute atomic E-state index is 0.126. The molecule has 0 fully saturated rings. The van der Waals surface area contributed by atoms with Crippen molar-refractivity contribution in [2.24, 2.45) is 5.92 Å². The van der Waals surface area contributed by atoms with Gasteiger partial charge in [-0.05, 0) is 91.9 Å². The van der Waals surface area contributed by atoms with E-state index in [1.54, 1.807) is 0 Å². The topological polar surface area (TPSA) is 41.6 Å². The summed E-state index contributed by atoms with van der Waals surface area (Å²) in [5, 5.41) is 3.55. The van der Waals surface area contributed by atoms with Crippen molar-refractivity contribution >= 4 is 11.6 Å². The average Bonchev–Trinajstić information content (AvgIpc) is 2.92. The summed E-state index contributed by atoms with van der Waals surface area (Å²) in [6.45, 7) is 7.37. The van der Waals surface area contributed by atoms with Gasteiger partial charge in [-0.25, -0.2) is 0 Å². The molecule has 3 aromatic rings. The molecular formula is C33H42N2O2. The molecule has 1 amide bonds. The number of aryl methyl sites for hydroxylation is 2. The molecule has 3 aromatic carbocycles. The maximum absolute atomic E-state index is 13.7. The summed E-state index contributed by atoms with van der Waals surface area (Å²) in [6, 6.07) is 25.2. The van der Waals surface area contributed by atoms with Crippen LogP contribution in [0, 0.1) is 5.92 Å². The lowest BCUT2D eigenvalue weighted by atomic mass is 9.90. The first-order valence-electron chi connectivity index (χ1n) is 14.0. The first kappa shape index (κ1) is 26.9. The molecule has 0 aliphatic heterocycles. The van der Waals surface area contributed by atoms with Crippen molar-refractivity contribution in [1.29, 1.82) is 0 Å². The largest absolute Gasteiger partial charge is 0.491 e. The number of para-hydroxylation sites is 2. The third-order valence-electron chi connectivity index (χ3n) is 6.97. The van der Waals surface area contributed by atoms with Gasteiger partial charge in [0.15, 0.2) is 0 Å². The zero-order valence-electron chi connectivity index (χ0n) is 22.5. The molecular weight excluding hydrogens is 456 g/mol. The maximum Gasteiger partial charge on any atom is 0.231 e. The SMILES string of the molecule is CC(C)COc1ccccc1N(CCCNCCc1ccccc1)C(=O)Cc1ccc2c(c1)CCCC2. The molecule has 0 aromatic heterocycles. The van der Waals surface area contributed by atoms with E-state index in [9.17, 15) is 4.79 Å². The number of nitrogens with zero attached hydrogens (tertiary/aromatic N) is 1. The Balaban J connectivity index is 1.42. The fourth-order valence-electron chi connectivity index (χ4n) is 4.97. The van der Waals surface area contributed by atoms with Crippen LogP contribution in [0.15, 0.2) is 72.8 Å². The average molecular weight is 499 g/mol. The third kappa shape index (κ3) is 8.19. The Hall–Kier alpha value is -3.11. The normalized spacial score (nSPS) is 12.8. The van der Waals surface area contributed by atoms with Crippen molar-refractivity contribution in [2.75, 3.05) is 31.1 Å². The summed E-state index contributed by atoms with van der Waals surface area (Å²) in [4.78, 5) is 15.7. The van der Waals surface area contributed by atoms with E-state index >= 15 is 0 Å². The summed E-state index contributed by atoms with van der Waals surface area (Å²) < 4.78 is 6.14. The van der Waals surface area contributed by atoms with E-state index in [1.807, 2.05) is 29.2 Å². The number of carbonyl (C=O) groups is 1. The van der Waals surface area contributed by atoms with Gasteiger partial charge in [-0.15, -0.1) is 0 Å². The second kappa shape index (κ2) is 14.0. The van der Waals surface area contributed by atoms with Crippen molar-refractivity contribution < 1.29 is 9.53 Å². The van der Waals surface area contributed by atoms with Crippen molar-refractivity contribution in [3.8, 4) is 5.75 Å². The lowest BCUT2D eigenvalue weighted by molar-refractivity contribution is -0.118. The molecule has 1 N–H and O–H groups in total. The number of nitrogens with one attached hydrogen (secondary N) is 1. The van der Waals surface area contributed by atoms with E-state index in [4.69, 9.17) is 4.74 Å². The van der Waals surface area contributed by atoms with Crippen LogP contribution in [0.3, 0.4) is 0 Å². The number of amides is 1. The Morgan fingerprint density at radius 3 is 2.46 bits per heavy atom. The summed E-state index contributed by atoms with van der Waals surface area (Å²) in [7, 11) is 0. The van der Waals surface area contributed by atoms with Gasteiger partial charge >= 0.3 is 0 Å². The van der Waals surface area contributed by atoms with Crippen LogP contribution in [0.1, 0.15) is 55.4 Å². The van der Waals surface area contributed by atoms with Crippen molar-refractivity contribution in [1.82, 2.24) is 5.32 Å². The molecule has 0 radical (unpaired) electrons. The molecule has 4 nitrogen and oxygen atoms in total. The lowest BCUT2D eigenvalue weighted by Gasteiger charge is -2.26. The summed E-state index contributed by atoms with van der Waals surface area (Å²) in [5.74, 6) is 1.33. The van der Waals surface area contributed by atoms with Crippen LogP contribution in [0.25, 0.3) is 0 Å². The molecule has 0 bridgehead atoms. The van der Waals surface area contributed by atoms with Gasteiger partial charge in [0.2, 0.25) is 5.91 Å². The van der Waals surface area contributed by atoms with Gasteiger partial charge < -0.3 is 15.0 Å². The molecule has 0 unspecified atom stereocenters. The molecule has 0 saturated carbocycles. The quantitative estimate of drug-likeness (QED) is 0.277. The molecule has 4 heteroatoms. The number of carbonyl (C=O) groups excluding carboxylic acids is 1. The maximum atomic E-state index is 13.7. The smallest absolute Gasteiger partial charge is 0.231 e. The van der Waals surface area contributed by atoms with Crippen molar-refractivity contribution in [3.05, 3.63) is 95.1 Å². The predicted octanol–water partition coefficient (Wildman–Crippen LogP) is 6.40. The summed E-state index contributed by atoms with van der Waals surface area (Å²) in [6.07, 6.45) is 7.10. The van der Waals surface area contributed by atoms with E-state index in [2.05, 4.69) is 67.7 Å². The van der Waals surface area contributed by atoms with Crippen LogP contribution in [0.4, 0.5) is 5.69 Å². The van der Waals surface area contributed by atoms with E-state index in [-0.39, 0.29) is 5.91 Å². The molecule has 0 heterocycles. The standard InChI is InChI=1S/C33H42N2O2/c1-26(2)25-37-32-16-9-8-15-31(32)35(22-10-20-34-21-19-27-11-4-3-5-12-27)33(36)24-28-17-18-29-13-6-7-14-30(29)23-28/h3-5,8-9,11-12,15-18,23,26,34H,6-7,10,13-14,19-22,24-25H2,1-2H3. The highest BCUT2D eigenvalue weighted by Gasteiger charge is 2.20. The second-order valence-corrected chi connectivity index (χ2v) is 10.5. The fraction of sp³-hybridized carbons (Fsp3) is 0.424. The second-order valence-electron chi connectivity index (χ2n) is 10.5. The number of ether oxygens (including phenoxy) is 1. The van der Waals surface area contributed by atoms with Gasteiger partial charge in [-0.1, -0.05) is 74.5 Å². The van der Waals surface area contributed by atoms with E-state index in [1.165, 1.54) is 29.5 Å². The Kier molecular flexibility index (Phi) is 10.2. The molecule has 196 valence electrons. The number of benzene rings is 3. The molecule has 0 spiro atoms. The zero-order chi connectivity index (χ0) is 25.9. The summed E-state index contributed by atoms with van der Waals surface area (Å²) in [5.41, 5.74) is 6.19. The van der Waals surface area contributed by atoms with Crippen molar-refractivity contribution in [3.63, 3.8) is 0 Å². The molecule has 0 atom stereocenters. The van der Waals surface area contributed by atoms with E-state index < -0.39 is 0 Å². The van der Waals surface area contributed by atoms with Crippen LogP contribution < -0.4 is 15.0 Å². The number of hydrogen-bond donors (Lipinski definition) is 1. The van der Waals surface area contributed by atoms with Crippen LogP contribution >= 0.6 is 0 Å². The van der Waals surface area contributed by atoms with Crippen molar-refractivity contribution in [2.45, 2.75) is 58.8 Å². The number of fused-ring (bicyclic) bond motifs is 1. The Labute approximate surface area is 223 Å². The first-order chi connectivity index (χ1) is 18.1. The van der Waals surface area contributed by atoms with E-state index in [0.29, 0.717) is 25.5 Å². The molecule has 0 saturated heterocycles. The van der Waals surface area contributed by atoms with Crippen LogP contribution in [-0.4, -0.2) is 32.1 Å². The highest BCUT2D eigenvalue weighted by atomic mass is 16.5. The van der Waals surface area contributed by atoms with Crippen LogP contribution in [0.5, 0.6) is 5.75 Å². The fourth-order valence-corrected chi connectivity index (χ4v) is 4.97. The highest BCUT2D eigenvalue weighted by molar-refractivity contribution is 5.96. The zero-order valence-corrected chi connectivity index (χ0v) is 22.5. The monoisotopic (exact) mass is 498 g/mol. The van der Waals surface area contributed by atoms with Gasteiger partial charge in [-0.2, -0.15) is 0 Å². The Bertz CT molecular complexity index is 1130. The van der Waals surface area contributed by atoms with Gasteiger partial charge in [0.25, 0.3) is 0 Å². The minimum atomic E-state index is 0.126.